The van der Waals surface area contributed by atoms with Crippen molar-refractivity contribution in [3.05, 3.63) is 188 Å². The van der Waals surface area contributed by atoms with Crippen molar-refractivity contribution in [2.45, 2.75) is 0 Å². The van der Waals surface area contributed by atoms with Crippen LogP contribution >= 0.6 is 0 Å². The predicted molar refractivity (Wildman–Crippen MR) is 246 cm³/mol. The molecule has 0 N–H and O–H groups in total. The highest BCUT2D eigenvalue weighted by atomic mass is 16.3. The smallest absolute Gasteiger partial charge is 0.164 e. The highest BCUT2D eigenvalue weighted by Gasteiger charge is 2.19. The molecule has 0 aliphatic heterocycles. The summed E-state index contributed by atoms with van der Waals surface area (Å²) < 4.78 is 12.6. The largest absolute Gasteiger partial charge is 0.456 e. The second-order valence-corrected chi connectivity index (χ2v) is 15.5. The Morgan fingerprint density at radius 1 is 0.267 bits per heavy atom. The minimum absolute atomic E-state index is 0.600. The molecule has 13 rings (SSSR count). The van der Waals surface area contributed by atoms with Crippen molar-refractivity contribution in [3.63, 3.8) is 0 Å². The van der Waals surface area contributed by atoms with Gasteiger partial charge in [0, 0.05) is 38.2 Å². The SMILES string of the molecule is c1ccc2c(c1)ccc1cc(-c3nc(-c4ccc5cc6c(cc5c4)oc4ccccc46)nc(-c4ccc(-c5cccc6oc7ccccc7c56)c5ccccc45)n3)ccc12. The molecular formula is C55H31N3O2. The van der Waals surface area contributed by atoms with Crippen LogP contribution in [0.3, 0.4) is 0 Å². The predicted octanol–water partition coefficient (Wildman–Crippen LogP) is 15.0. The molecule has 0 bridgehead atoms. The standard InChI is InChI=1S/C55H31N3O2/c1-2-11-38-32(10-1)20-22-34-28-36(24-25-39(34)38)54-56-53(35-23-21-33-30-47-43-14-5-7-17-48(43)60-51(47)31-37(33)29-35)57-55(58-54)45-27-26-42(40-12-3-4-13-41(40)45)44-16-9-19-50-52(44)46-15-6-8-18-49(46)59-50/h1-31H. The first-order chi connectivity index (χ1) is 29.7. The monoisotopic (exact) mass is 765 g/mol. The van der Waals surface area contributed by atoms with E-state index in [9.17, 15) is 0 Å². The first-order valence-corrected chi connectivity index (χ1v) is 20.2. The third-order valence-corrected chi connectivity index (χ3v) is 12.1. The molecule has 0 amide bonds. The summed E-state index contributed by atoms with van der Waals surface area (Å²) >= 11 is 0. The zero-order chi connectivity index (χ0) is 39.3. The van der Waals surface area contributed by atoms with Gasteiger partial charge in [-0.2, -0.15) is 0 Å². The maximum Gasteiger partial charge on any atom is 0.164 e. The molecule has 13 aromatic rings. The Kier molecular flexibility index (Phi) is 6.95. The Labute approximate surface area is 342 Å². The lowest BCUT2D eigenvalue weighted by atomic mass is 9.92. The van der Waals surface area contributed by atoms with Crippen LogP contribution in [0.25, 0.3) is 132 Å². The molecule has 3 heterocycles. The summed E-state index contributed by atoms with van der Waals surface area (Å²) in [6.45, 7) is 0. The Hall–Kier alpha value is -8.15. The van der Waals surface area contributed by atoms with Gasteiger partial charge in [0.25, 0.3) is 0 Å². The number of furan rings is 2. The van der Waals surface area contributed by atoms with Gasteiger partial charge in [0.1, 0.15) is 22.3 Å². The van der Waals surface area contributed by atoms with Gasteiger partial charge >= 0.3 is 0 Å². The number of para-hydroxylation sites is 2. The van der Waals surface area contributed by atoms with E-state index in [1.165, 1.54) is 16.2 Å². The van der Waals surface area contributed by atoms with E-state index in [1.807, 2.05) is 30.3 Å². The Morgan fingerprint density at radius 2 is 0.833 bits per heavy atom. The van der Waals surface area contributed by atoms with E-state index in [0.717, 1.165) is 98.6 Å². The number of nitrogens with zero attached hydrogens (tertiary/aromatic N) is 3. The lowest BCUT2D eigenvalue weighted by Crippen LogP contribution is -2.01. The fourth-order valence-electron chi connectivity index (χ4n) is 9.24. The molecule has 0 saturated carbocycles. The molecular weight excluding hydrogens is 735 g/mol. The second kappa shape index (κ2) is 12.7. The van der Waals surface area contributed by atoms with Crippen molar-refractivity contribution in [1.29, 1.82) is 0 Å². The van der Waals surface area contributed by atoms with Gasteiger partial charge in [-0.1, -0.05) is 140 Å². The molecule has 0 spiro atoms. The topological polar surface area (TPSA) is 65.0 Å². The van der Waals surface area contributed by atoms with Crippen molar-refractivity contribution >= 4 is 87.0 Å². The number of aromatic nitrogens is 3. The van der Waals surface area contributed by atoms with E-state index < -0.39 is 0 Å². The summed E-state index contributed by atoms with van der Waals surface area (Å²) in [6.07, 6.45) is 0. The Bertz CT molecular complexity index is 3910. The molecule has 10 aromatic carbocycles. The summed E-state index contributed by atoms with van der Waals surface area (Å²) in [6, 6.07) is 65.8. The van der Waals surface area contributed by atoms with Crippen molar-refractivity contribution in [2.75, 3.05) is 0 Å². The van der Waals surface area contributed by atoms with Crippen molar-refractivity contribution in [3.8, 4) is 45.3 Å². The molecule has 0 aliphatic carbocycles. The average molecular weight is 766 g/mol. The van der Waals surface area contributed by atoms with Crippen molar-refractivity contribution in [1.82, 2.24) is 15.0 Å². The molecule has 0 unspecified atom stereocenters. The number of hydrogen-bond acceptors (Lipinski definition) is 5. The number of fused-ring (bicyclic) bond motifs is 11. The molecule has 5 heteroatoms. The van der Waals surface area contributed by atoms with Crippen LogP contribution in [-0.4, -0.2) is 15.0 Å². The van der Waals surface area contributed by atoms with E-state index >= 15 is 0 Å². The van der Waals surface area contributed by atoms with E-state index in [0.29, 0.717) is 17.5 Å². The van der Waals surface area contributed by atoms with Gasteiger partial charge in [0.2, 0.25) is 0 Å². The minimum Gasteiger partial charge on any atom is -0.456 e. The molecule has 0 atom stereocenters. The molecule has 278 valence electrons. The Balaban J connectivity index is 1.02. The van der Waals surface area contributed by atoms with Gasteiger partial charge in [0.05, 0.1) is 0 Å². The number of hydrogen-bond donors (Lipinski definition) is 0. The van der Waals surface area contributed by atoms with Crippen LogP contribution in [-0.2, 0) is 0 Å². The third kappa shape index (κ3) is 5.03. The summed E-state index contributed by atoms with van der Waals surface area (Å²) in [5, 5.41) is 13.5. The molecule has 3 aromatic heterocycles. The van der Waals surface area contributed by atoms with Crippen LogP contribution in [0.1, 0.15) is 0 Å². The maximum atomic E-state index is 6.31. The molecule has 0 fully saturated rings. The van der Waals surface area contributed by atoms with E-state index in [-0.39, 0.29) is 0 Å². The molecule has 0 saturated heterocycles. The highest BCUT2D eigenvalue weighted by molar-refractivity contribution is 6.17. The van der Waals surface area contributed by atoms with E-state index in [2.05, 4.69) is 158 Å². The normalized spacial score (nSPS) is 12.0. The van der Waals surface area contributed by atoms with Crippen LogP contribution in [0.15, 0.2) is 197 Å². The zero-order valence-electron chi connectivity index (χ0n) is 32.1. The van der Waals surface area contributed by atoms with Gasteiger partial charge < -0.3 is 8.83 Å². The van der Waals surface area contributed by atoms with Crippen LogP contribution in [0, 0.1) is 0 Å². The average Bonchev–Trinajstić information content (AvgIpc) is 3.88. The third-order valence-electron chi connectivity index (χ3n) is 12.1. The van der Waals surface area contributed by atoms with E-state index in [4.69, 9.17) is 23.8 Å². The highest BCUT2D eigenvalue weighted by Crippen LogP contribution is 2.42. The van der Waals surface area contributed by atoms with Gasteiger partial charge in [0.15, 0.2) is 17.5 Å². The lowest BCUT2D eigenvalue weighted by molar-refractivity contribution is 0.669. The van der Waals surface area contributed by atoms with Gasteiger partial charge in [-0.3, -0.25) is 0 Å². The fraction of sp³-hybridized carbons (Fsp3) is 0. The second-order valence-electron chi connectivity index (χ2n) is 15.5. The Morgan fingerprint density at radius 3 is 1.67 bits per heavy atom. The van der Waals surface area contributed by atoms with Crippen LogP contribution in [0.2, 0.25) is 0 Å². The van der Waals surface area contributed by atoms with Crippen LogP contribution < -0.4 is 0 Å². The number of rotatable bonds is 4. The zero-order valence-corrected chi connectivity index (χ0v) is 32.1. The summed E-state index contributed by atoms with van der Waals surface area (Å²) in [7, 11) is 0. The van der Waals surface area contributed by atoms with Crippen molar-refractivity contribution in [2.24, 2.45) is 0 Å². The molecule has 0 radical (unpaired) electrons. The van der Waals surface area contributed by atoms with Crippen LogP contribution in [0.4, 0.5) is 0 Å². The fourth-order valence-corrected chi connectivity index (χ4v) is 9.24. The summed E-state index contributed by atoms with van der Waals surface area (Å²) in [5.74, 6) is 1.82. The first-order valence-electron chi connectivity index (χ1n) is 20.2. The van der Waals surface area contributed by atoms with Crippen molar-refractivity contribution < 1.29 is 8.83 Å². The quantitative estimate of drug-likeness (QED) is 0.167. The molecule has 60 heavy (non-hydrogen) atoms. The minimum atomic E-state index is 0.600. The van der Waals surface area contributed by atoms with Crippen LogP contribution in [0.5, 0.6) is 0 Å². The van der Waals surface area contributed by atoms with Gasteiger partial charge in [-0.25, -0.2) is 15.0 Å². The number of benzene rings is 10. The van der Waals surface area contributed by atoms with Gasteiger partial charge in [-0.15, -0.1) is 0 Å². The van der Waals surface area contributed by atoms with E-state index in [1.54, 1.807) is 0 Å². The molecule has 5 nitrogen and oxygen atoms in total. The molecule has 0 aliphatic rings. The summed E-state index contributed by atoms with van der Waals surface area (Å²) in [4.78, 5) is 15.8. The summed E-state index contributed by atoms with van der Waals surface area (Å²) in [5.41, 5.74) is 8.47. The van der Waals surface area contributed by atoms with Gasteiger partial charge in [-0.05, 0) is 103 Å². The first kappa shape index (κ1) is 32.9. The lowest BCUT2D eigenvalue weighted by Gasteiger charge is -2.14. The maximum absolute atomic E-state index is 6.31.